The minimum absolute atomic E-state index is 0.00281. The number of aryl methyl sites for hydroxylation is 1. The van der Waals surface area contributed by atoms with E-state index >= 15 is 0 Å². The highest BCUT2D eigenvalue weighted by molar-refractivity contribution is 6.42. The van der Waals surface area contributed by atoms with Crippen molar-refractivity contribution in [3.8, 4) is 5.75 Å². The number of amides is 1. The number of hydrogen-bond acceptors (Lipinski definition) is 7. The Labute approximate surface area is 250 Å². The van der Waals surface area contributed by atoms with Gasteiger partial charge in [0.2, 0.25) is 5.78 Å². The molecule has 0 aliphatic heterocycles. The average molecular weight is 587 g/mol. The molecule has 4 fully saturated rings. The predicted molar refractivity (Wildman–Crippen MR) is 162 cm³/mol. The Morgan fingerprint density at radius 1 is 1.07 bits per heavy atom. The van der Waals surface area contributed by atoms with E-state index in [0.717, 1.165) is 25.7 Å². The summed E-state index contributed by atoms with van der Waals surface area (Å²) < 4.78 is 6.22. The van der Waals surface area contributed by atoms with Crippen LogP contribution in [0.15, 0.2) is 53.7 Å². The minimum Gasteiger partial charge on any atom is -0.805 e. The molecular weight excluding hydrogens is 548 g/mol. The van der Waals surface area contributed by atoms with Gasteiger partial charge in [-0.3, -0.25) is 9.59 Å². The number of nitrogens with zero attached hydrogens (tertiary/aromatic N) is 3. The second kappa shape index (κ2) is 11.8. The van der Waals surface area contributed by atoms with Crippen LogP contribution in [0.5, 0.6) is 5.75 Å². The second-order valence-corrected chi connectivity index (χ2v) is 12.6. The van der Waals surface area contributed by atoms with Crippen LogP contribution in [0.4, 0.5) is 0 Å². The van der Waals surface area contributed by atoms with E-state index in [4.69, 9.17) is 9.57 Å². The highest BCUT2D eigenvalue weighted by Gasteiger charge is 2.52. The first-order valence-corrected chi connectivity index (χ1v) is 15.2. The standard InChI is InChI=1S/C33H38N4O6/c1-21-31(37(41)29-16-26(42-2)10-11-28(29)36(21)40)30(38)17-27(35-43-12-6-9-22-7-4-3-5-8-22)32(39)34-33-18-23-13-24(19-33)15-25(14-23)20-33/h3-5,7-8,10-11,16,23-25H,6,9,12-15,17-20H2,1-2H3,(H,34,39)/b35-27-. The summed E-state index contributed by atoms with van der Waals surface area (Å²) in [4.78, 5) is 46.4. The highest BCUT2D eigenvalue weighted by Crippen LogP contribution is 2.55. The number of oxime groups is 1. The minimum atomic E-state index is -0.686. The van der Waals surface area contributed by atoms with Crippen LogP contribution in [0.3, 0.4) is 0 Å². The van der Waals surface area contributed by atoms with Crippen molar-refractivity contribution < 1.29 is 23.6 Å². The molecule has 2 aromatic carbocycles. The zero-order chi connectivity index (χ0) is 30.1. The Bertz CT molecular complexity index is 1590. The molecule has 7 rings (SSSR count). The molecule has 43 heavy (non-hydrogen) atoms. The molecule has 1 heterocycles. The Hall–Kier alpha value is -4.21. The van der Waals surface area contributed by atoms with Crippen LogP contribution in [0.25, 0.3) is 11.0 Å². The smallest absolute Gasteiger partial charge is 0.325 e. The van der Waals surface area contributed by atoms with E-state index in [0.29, 0.717) is 39.1 Å². The van der Waals surface area contributed by atoms with E-state index in [1.807, 2.05) is 30.3 Å². The number of ketones is 1. The van der Waals surface area contributed by atoms with E-state index in [-0.39, 0.29) is 40.3 Å². The van der Waals surface area contributed by atoms with Crippen LogP contribution in [0.1, 0.15) is 73.1 Å². The second-order valence-electron chi connectivity index (χ2n) is 12.6. The van der Waals surface area contributed by atoms with Crippen LogP contribution in [-0.4, -0.2) is 41.4 Å². The molecule has 10 nitrogen and oxygen atoms in total. The van der Waals surface area contributed by atoms with Crippen LogP contribution in [0, 0.1) is 34.8 Å². The van der Waals surface area contributed by atoms with E-state index in [1.165, 1.54) is 51.0 Å². The number of fused-ring (bicyclic) bond motifs is 1. The van der Waals surface area contributed by atoms with E-state index in [9.17, 15) is 19.7 Å². The number of Topliss-reactive ketones (excluding diaryl/α,β-unsaturated/α-hetero) is 1. The molecule has 1 amide bonds. The lowest BCUT2D eigenvalue weighted by Crippen LogP contribution is -2.61. The summed E-state index contributed by atoms with van der Waals surface area (Å²) in [5.74, 6) is 1.09. The van der Waals surface area contributed by atoms with Crippen molar-refractivity contribution in [3.63, 3.8) is 0 Å². The maximum absolute atomic E-state index is 13.8. The SMILES string of the molecule is COc1ccc2c(c1)[n+](=O)c(C(=O)C/C(=N/OCCCc1ccccc1)C(=O)NC13CC4CC(CC(C4)C1)C3)c(C)n2[O-]. The summed E-state index contributed by atoms with van der Waals surface area (Å²) in [6, 6.07) is 14.5. The lowest BCUT2D eigenvalue weighted by atomic mass is 9.53. The number of carbonyl (C=O) groups excluding carboxylic acids is 2. The van der Waals surface area contributed by atoms with Crippen molar-refractivity contribution >= 4 is 28.4 Å². The summed E-state index contributed by atoms with van der Waals surface area (Å²) in [5, 5.41) is 20.5. The molecule has 3 aromatic rings. The van der Waals surface area contributed by atoms with Gasteiger partial charge in [0.05, 0.1) is 29.7 Å². The van der Waals surface area contributed by atoms with Gasteiger partial charge in [-0.2, -0.15) is 0 Å². The first kappa shape index (κ1) is 28.9. The van der Waals surface area contributed by atoms with Crippen molar-refractivity contribution in [2.24, 2.45) is 22.9 Å². The maximum Gasteiger partial charge on any atom is 0.325 e. The number of methoxy groups -OCH3 is 1. The van der Waals surface area contributed by atoms with Gasteiger partial charge in [-0.1, -0.05) is 35.5 Å². The average Bonchev–Trinajstić information content (AvgIpc) is 2.98. The van der Waals surface area contributed by atoms with E-state index < -0.39 is 18.1 Å². The predicted octanol–water partition coefficient (Wildman–Crippen LogP) is 4.88. The largest absolute Gasteiger partial charge is 0.805 e. The van der Waals surface area contributed by atoms with Crippen LogP contribution >= 0.6 is 0 Å². The van der Waals surface area contributed by atoms with E-state index in [2.05, 4.69) is 10.5 Å². The van der Waals surface area contributed by atoms with Gasteiger partial charge >= 0.3 is 5.69 Å². The lowest BCUT2D eigenvalue weighted by Gasteiger charge is -2.56. The third kappa shape index (κ3) is 5.87. The molecule has 4 aliphatic carbocycles. The van der Waals surface area contributed by atoms with Crippen molar-refractivity contribution in [2.75, 3.05) is 13.7 Å². The van der Waals surface area contributed by atoms with E-state index in [1.54, 1.807) is 6.07 Å². The van der Waals surface area contributed by atoms with Gasteiger partial charge in [0.15, 0.2) is 5.71 Å². The first-order chi connectivity index (χ1) is 20.7. The summed E-state index contributed by atoms with van der Waals surface area (Å²) in [6.07, 6.45) is 7.47. The van der Waals surface area contributed by atoms with Crippen molar-refractivity contribution in [1.82, 2.24) is 10.0 Å². The normalized spacial score (nSPS) is 24.2. The van der Waals surface area contributed by atoms with Gasteiger partial charge in [-0.25, -0.2) is 0 Å². The Morgan fingerprint density at radius 2 is 1.74 bits per heavy atom. The Balaban J connectivity index is 1.24. The topological polar surface area (TPSA) is 128 Å². The number of benzene rings is 2. The van der Waals surface area contributed by atoms with Crippen molar-refractivity contribution in [3.05, 3.63) is 75.6 Å². The zero-order valence-electron chi connectivity index (χ0n) is 24.7. The summed E-state index contributed by atoms with van der Waals surface area (Å²) in [6.45, 7) is 1.68. The molecule has 1 N–H and O–H groups in total. The maximum atomic E-state index is 13.8. The van der Waals surface area contributed by atoms with Crippen LogP contribution in [-0.2, 0) is 16.1 Å². The molecule has 226 valence electrons. The fraction of sp³-hybridized carbons (Fsp3) is 0.485. The quantitative estimate of drug-likeness (QED) is 0.112. The van der Waals surface area contributed by atoms with Crippen LogP contribution in [0.2, 0.25) is 0 Å². The van der Waals surface area contributed by atoms with Gasteiger partial charge in [0.1, 0.15) is 17.9 Å². The number of ether oxygens (including phenoxy) is 1. The number of aromatic nitrogens is 2. The van der Waals surface area contributed by atoms with Gasteiger partial charge in [0, 0.05) is 10.4 Å². The molecule has 0 radical (unpaired) electrons. The monoisotopic (exact) mass is 586 g/mol. The van der Waals surface area contributed by atoms with Gasteiger partial charge in [-0.05, 0) is 93.7 Å². The van der Waals surface area contributed by atoms with Crippen molar-refractivity contribution in [1.29, 1.82) is 0 Å². The summed E-state index contributed by atoms with van der Waals surface area (Å²) >= 11 is 0. The zero-order valence-corrected chi connectivity index (χ0v) is 24.7. The number of nitrogens with one attached hydrogen (secondary N) is 1. The highest BCUT2D eigenvalue weighted by atomic mass is 16.6. The molecular formula is C33H38N4O6. The van der Waals surface area contributed by atoms with Gasteiger partial charge in [0.25, 0.3) is 11.4 Å². The molecule has 0 spiro atoms. The molecule has 0 unspecified atom stereocenters. The third-order valence-corrected chi connectivity index (χ3v) is 9.46. The Kier molecular flexibility index (Phi) is 7.94. The molecule has 0 atom stereocenters. The number of carbonyl (C=O) groups is 2. The Morgan fingerprint density at radius 3 is 2.40 bits per heavy atom. The van der Waals surface area contributed by atoms with Gasteiger partial charge in [-0.15, -0.1) is 0 Å². The summed E-state index contributed by atoms with van der Waals surface area (Å²) in [7, 11) is 1.45. The third-order valence-electron chi connectivity index (χ3n) is 9.46. The molecule has 0 saturated heterocycles. The molecule has 4 bridgehead atoms. The van der Waals surface area contributed by atoms with Crippen molar-refractivity contribution in [2.45, 2.75) is 70.3 Å². The first-order valence-electron chi connectivity index (χ1n) is 15.2. The summed E-state index contributed by atoms with van der Waals surface area (Å²) in [5.41, 5.74) is 0.492. The van der Waals surface area contributed by atoms with Crippen LogP contribution < -0.4 is 14.5 Å². The fourth-order valence-electron chi connectivity index (χ4n) is 7.90. The molecule has 1 aromatic heterocycles. The molecule has 10 heteroatoms. The fourth-order valence-corrected chi connectivity index (χ4v) is 7.90. The lowest BCUT2D eigenvalue weighted by molar-refractivity contribution is -0.468. The molecule has 4 saturated carbocycles. The van der Waals surface area contributed by atoms with Gasteiger partial charge < -0.3 is 24.8 Å². The number of hydrogen-bond donors (Lipinski definition) is 1. The molecule has 4 aliphatic rings. The number of rotatable bonds is 11.